The third kappa shape index (κ3) is 3.23. The highest BCUT2D eigenvalue weighted by molar-refractivity contribution is 8.01. The fourth-order valence-corrected chi connectivity index (χ4v) is 3.71. The van der Waals surface area contributed by atoms with E-state index in [-0.39, 0.29) is 18.2 Å². The van der Waals surface area contributed by atoms with Crippen LogP contribution >= 0.6 is 23.1 Å². The maximum absolute atomic E-state index is 11.7. The molecular formula is C11H15N3O2S2. The predicted molar refractivity (Wildman–Crippen MR) is 71.7 cm³/mol. The molecule has 1 aromatic rings. The maximum Gasteiger partial charge on any atom is 0.233 e. The Bertz CT molecular complexity index is 469. The van der Waals surface area contributed by atoms with Crippen LogP contribution in [0.3, 0.4) is 0 Å². The number of primary amides is 1. The second-order valence-electron chi connectivity index (χ2n) is 4.15. The third-order valence-electron chi connectivity index (χ3n) is 2.74. The van der Waals surface area contributed by atoms with Crippen LogP contribution in [0.15, 0.2) is 4.34 Å². The Kier molecular flexibility index (Phi) is 4.23. The van der Waals surface area contributed by atoms with Gasteiger partial charge < -0.3 is 10.6 Å². The molecule has 2 rings (SSSR count). The monoisotopic (exact) mass is 285 g/mol. The second-order valence-corrected chi connectivity index (χ2v) is 6.46. The Morgan fingerprint density at radius 1 is 1.50 bits per heavy atom. The molecule has 2 heterocycles. The summed E-state index contributed by atoms with van der Waals surface area (Å²) in [6, 6.07) is 0. The number of nitrogens with two attached hydrogens (primary N) is 1. The number of hydrogen-bond acceptors (Lipinski definition) is 5. The zero-order valence-electron chi connectivity index (χ0n) is 10.1. The molecule has 0 aromatic carbocycles. The highest BCUT2D eigenvalue weighted by atomic mass is 32.2. The Hall–Kier alpha value is -1.08. The van der Waals surface area contributed by atoms with Gasteiger partial charge in [0.05, 0.1) is 17.9 Å². The first-order valence-corrected chi connectivity index (χ1v) is 7.51. The van der Waals surface area contributed by atoms with Crippen LogP contribution in [0.25, 0.3) is 0 Å². The summed E-state index contributed by atoms with van der Waals surface area (Å²) in [7, 11) is 0. The van der Waals surface area contributed by atoms with Gasteiger partial charge in [-0.2, -0.15) is 0 Å². The predicted octanol–water partition coefficient (Wildman–Crippen LogP) is 0.804. The van der Waals surface area contributed by atoms with Crippen molar-refractivity contribution in [3.63, 3.8) is 0 Å². The lowest BCUT2D eigenvalue weighted by Crippen LogP contribution is -2.42. The summed E-state index contributed by atoms with van der Waals surface area (Å²) in [4.78, 5) is 29.6. The van der Waals surface area contributed by atoms with Crippen LogP contribution in [0, 0.1) is 6.92 Å². The average Bonchev–Trinajstić information content (AvgIpc) is 2.53. The number of carbonyl (C=O) groups is 2. The van der Waals surface area contributed by atoms with E-state index in [2.05, 4.69) is 4.98 Å². The Labute approximate surface area is 114 Å². The number of aryl methyl sites for hydroxylation is 1. The molecule has 1 saturated heterocycles. The van der Waals surface area contributed by atoms with Crippen molar-refractivity contribution in [2.45, 2.75) is 24.1 Å². The highest BCUT2D eigenvalue weighted by Crippen LogP contribution is 2.28. The Morgan fingerprint density at radius 2 is 2.22 bits per heavy atom. The van der Waals surface area contributed by atoms with Crippen LogP contribution in [0.4, 0.5) is 0 Å². The van der Waals surface area contributed by atoms with Crippen LogP contribution in [0.5, 0.6) is 0 Å². The number of aromatic nitrogens is 1. The van der Waals surface area contributed by atoms with E-state index < -0.39 is 0 Å². The van der Waals surface area contributed by atoms with Crippen molar-refractivity contribution in [3.8, 4) is 0 Å². The molecule has 0 aliphatic carbocycles. The van der Waals surface area contributed by atoms with Crippen LogP contribution in [-0.2, 0) is 16.0 Å². The van der Waals surface area contributed by atoms with Gasteiger partial charge in [0.15, 0.2) is 4.34 Å². The number of amides is 2. The molecule has 1 aliphatic heterocycles. The molecule has 0 radical (unpaired) electrons. The molecule has 7 heteroatoms. The van der Waals surface area contributed by atoms with Gasteiger partial charge in [0.25, 0.3) is 0 Å². The van der Waals surface area contributed by atoms with Gasteiger partial charge in [0.2, 0.25) is 11.8 Å². The van der Waals surface area contributed by atoms with Crippen molar-refractivity contribution >= 4 is 34.9 Å². The summed E-state index contributed by atoms with van der Waals surface area (Å²) < 4.78 is 0.831. The maximum atomic E-state index is 11.7. The first-order valence-electron chi connectivity index (χ1n) is 5.71. The molecule has 0 atom stereocenters. The van der Waals surface area contributed by atoms with Crippen molar-refractivity contribution in [2.24, 2.45) is 5.73 Å². The molecular weight excluding hydrogens is 270 g/mol. The van der Waals surface area contributed by atoms with Crippen LogP contribution in [-0.4, -0.2) is 40.5 Å². The molecule has 18 heavy (non-hydrogen) atoms. The molecule has 98 valence electrons. The molecule has 1 aliphatic rings. The van der Waals surface area contributed by atoms with Crippen molar-refractivity contribution in [3.05, 3.63) is 10.6 Å². The van der Waals surface area contributed by atoms with E-state index in [9.17, 15) is 9.59 Å². The van der Waals surface area contributed by atoms with Gasteiger partial charge >= 0.3 is 0 Å². The van der Waals surface area contributed by atoms with Crippen molar-refractivity contribution < 1.29 is 9.59 Å². The lowest BCUT2D eigenvalue weighted by atomic mass is 10.2. The van der Waals surface area contributed by atoms with Gasteiger partial charge in [-0.1, -0.05) is 11.8 Å². The lowest BCUT2D eigenvalue weighted by Gasteiger charge is -2.30. The van der Waals surface area contributed by atoms with Crippen molar-refractivity contribution in [2.75, 3.05) is 18.8 Å². The van der Waals surface area contributed by atoms with E-state index >= 15 is 0 Å². The molecule has 0 saturated carbocycles. The first kappa shape index (κ1) is 13.4. The minimum atomic E-state index is -0.352. The molecule has 2 amide bonds. The summed E-state index contributed by atoms with van der Waals surface area (Å²) in [6.07, 6.45) is 1.33. The van der Waals surface area contributed by atoms with E-state index in [4.69, 9.17) is 5.73 Å². The second kappa shape index (κ2) is 5.71. The Balaban J connectivity index is 1.89. The van der Waals surface area contributed by atoms with Gasteiger partial charge in [0.1, 0.15) is 0 Å². The standard InChI is InChI=1S/C11H15N3O2S2/c1-7-8(5-9(12)15)18-11(13-7)17-6-10(16)14-3-2-4-14/h2-6H2,1H3,(H2,12,15). The van der Waals surface area contributed by atoms with E-state index in [0.29, 0.717) is 5.75 Å². The highest BCUT2D eigenvalue weighted by Gasteiger charge is 2.20. The summed E-state index contributed by atoms with van der Waals surface area (Å²) >= 11 is 2.88. The number of thiazole rings is 1. The van der Waals surface area contributed by atoms with E-state index in [1.165, 1.54) is 23.1 Å². The van der Waals surface area contributed by atoms with Crippen LogP contribution in [0.2, 0.25) is 0 Å². The van der Waals surface area contributed by atoms with E-state index in [0.717, 1.165) is 34.4 Å². The molecule has 1 fully saturated rings. The van der Waals surface area contributed by atoms with Crippen LogP contribution in [0.1, 0.15) is 17.0 Å². The minimum Gasteiger partial charge on any atom is -0.369 e. The first-order chi connectivity index (χ1) is 8.56. The van der Waals surface area contributed by atoms with Crippen molar-refractivity contribution in [1.29, 1.82) is 0 Å². The summed E-state index contributed by atoms with van der Waals surface area (Å²) in [5.74, 6) is 0.230. The average molecular weight is 285 g/mol. The third-order valence-corrected chi connectivity index (χ3v) is 5.02. The number of hydrogen-bond donors (Lipinski definition) is 1. The number of likely N-dealkylation sites (tertiary alicyclic amines) is 1. The zero-order valence-corrected chi connectivity index (χ0v) is 11.8. The van der Waals surface area contributed by atoms with E-state index in [1.54, 1.807) is 0 Å². The quantitative estimate of drug-likeness (QED) is 0.812. The SMILES string of the molecule is Cc1nc(SCC(=O)N2CCC2)sc1CC(N)=O. The fraction of sp³-hybridized carbons (Fsp3) is 0.545. The topological polar surface area (TPSA) is 76.3 Å². The largest absolute Gasteiger partial charge is 0.369 e. The number of nitrogens with zero attached hydrogens (tertiary/aromatic N) is 2. The zero-order chi connectivity index (χ0) is 13.1. The minimum absolute atomic E-state index is 0.163. The van der Waals surface area contributed by atoms with Gasteiger partial charge in [-0.25, -0.2) is 4.98 Å². The molecule has 0 spiro atoms. The molecule has 0 bridgehead atoms. The lowest BCUT2D eigenvalue weighted by molar-refractivity contribution is -0.131. The number of thioether (sulfide) groups is 1. The summed E-state index contributed by atoms with van der Waals surface area (Å²) in [6.45, 7) is 3.61. The van der Waals surface area contributed by atoms with Gasteiger partial charge in [0, 0.05) is 18.0 Å². The normalized spacial score (nSPS) is 14.4. The van der Waals surface area contributed by atoms with Gasteiger partial charge in [-0.05, 0) is 13.3 Å². The molecule has 0 unspecified atom stereocenters. The van der Waals surface area contributed by atoms with Gasteiger partial charge in [-0.3, -0.25) is 9.59 Å². The molecule has 1 aromatic heterocycles. The summed E-state index contributed by atoms with van der Waals surface area (Å²) in [5.41, 5.74) is 5.99. The summed E-state index contributed by atoms with van der Waals surface area (Å²) in [5, 5.41) is 0. The van der Waals surface area contributed by atoms with E-state index in [1.807, 2.05) is 11.8 Å². The Morgan fingerprint density at radius 3 is 2.78 bits per heavy atom. The smallest absolute Gasteiger partial charge is 0.233 e. The van der Waals surface area contributed by atoms with Crippen molar-refractivity contribution in [1.82, 2.24) is 9.88 Å². The molecule has 5 nitrogen and oxygen atoms in total. The molecule has 2 N–H and O–H groups in total. The van der Waals surface area contributed by atoms with Gasteiger partial charge in [-0.15, -0.1) is 11.3 Å². The number of rotatable bonds is 5. The fourth-order valence-electron chi connectivity index (χ4n) is 1.57. The number of carbonyl (C=O) groups excluding carboxylic acids is 2. The van der Waals surface area contributed by atoms with Crippen LogP contribution < -0.4 is 5.73 Å².